The molecule has 0 aromatic carbocycles. The van der Waals surface area contributed by atoms with Crippen LogP contribution in [0.4, 0.5) is 0 Å². The summed E-state index contributed by atoms with van der Waals surface area (Å²) in [6, 6.07) is 3.78. The Kier molecular flexibility index (Phi) is 4.12. The van der Waals surface area contributed by atoms with Crippen LogP contribution in [0, 0.1) is 0 Å². The Hall–Kier alpha value is -2.28. The Morgan fingerprint density at radius 3 is 3.00 bits per heavy atom. The number of nitrogens with zero attached hydrogens (tertiary/aromatic N) is 4. The van der Waals surface area contributed by atoms with E-state index in [1.165, 1.54) is 0 Å². The second-order valence-corrected chi connectivity index (χ2v) is 6.28. The van der Waals surface area contributed by atoms with Crippen molar-refractivity contribution >= 4 is 5.91 Å². The van der Waals surface area contributed by atoms with Crippen molar-refractivity contribution in [2.24, 2.45) is 0 Å². The maximum Gasteiger partial charge on any atom is 0.248 e. The third-order valence-corrected chi connectivity index (χ3v) is 4.04. The molecule has 1 amide bonds. The molecule has 0 radical (unpaired) electrons. The summed E-state index contributed by atoms with van der Waals surface area (Å²) in [5.74, 6) is 1.57. The van der Waals surface area contributed by atoms with Crippen molar-refractivity contribution in [3.05, 3.63) is 41.7 Å². The maximum atomic E-state index is 12.8. The van der Waals surface area contributed by atoms with E-state index in [9.17, 15) is 4.79 Å². The zero-order valence-corrected chi connectivity index (χ0v) is 13.6. The average Bonchev–Trinajstić information content (AvgIpc) is 2.99. The van der Waals surface area contributed by atoms with E-state index in [0.717, 1.165) is 11.4 Å². The zero-order chi connectivity index (χ0) is 16.4. The second kappa shape index (κ2) is 6.08. The van der Waals surface area contributed by atoms with Crippen LogP contribution in [-0.4, -0.2) is 32.3 Å². The third kappa shape index (κ3) is 2.84. The number of hydrogen-bond acceptors (Lipinski definition) is 5. The lowest BCUT2D eigenvalue weighted by Gasteiger charge is -2.35. The van der Waals surface area contributed by atoms with E-state index >= 15 is 0 Å². The molecular weight excluding hydrogens is 294 g/mol. The summed E-state index contributed by atoms with van der Waals surface area (Å²) in [4.78, 5) is 16.9. The monoisotopic (exact) mass is 315 g/mol. The molecule has 1 aliphatic rings. The van der Waals surface area contributed by atoms with Crippen molar-refractivity contribution in [1.82, 2.24) is 25.1 Å². The highest BCUT2D eigenvalue weighted by molar-refractivity contribution is 5.84. The lowest BCUT2D eigenvalue weighted by molar-refractivity contribution is -0.135. The van der Waals surface area contributed by atoms with Gasteiger partial charge in [-0.05, 0) is 18.6 Å². The lowest BCUT2D eigenvalue weighted by Crippen LogP contribution is -2.53. The normalized spacial score (nSPS) is 20.3. The van der Waals surface area contributed by atoms with Crippen molar-refractivity contribution in [2.45, 2.75) is 45.4 Å². The summed E-state index contributed by atoms with van der Waals surface area (Å²) in [7, 11) is 0. The number of rotatable bonds is 4. The number of carbonyl (C=O) groups is 1. The molecule has 3 rings (SSSR count). The van der Waals surface area contributed by atoms with Crippen LogP contribution in [0.15, 0.2) is 24.5 Å². The molecule has 0 aliphatic carbocycles. The molecule has 2 aromatic heterocycles. The molecule has 1 aliphatic heterocycles. The molecule has 23 heavy (non-hydrogen) atoms. The molecule has 0 bridgehead atoms. The number of hydrogen-bond donors (Lipinski definition) is 1. The first-order valence-electron chi connectivity index (χ1n) is 7.72. The van der Waals surface area contributed by atoms with Gasteiger partial charge in [0, 0.05) is 24.9 Å². The Bertz CT molecular complexity index is 698. The number of fused-ring (bicyclic) bond motifs is 1. The number of ether oxygens (including phenoxy) is 1. The van der Waals surface area contributed by atoms with Gasteiger partial charge >= 0.3 is 0 Å². The van der Waals surface area contributed by atoms with Gasteiger partial charge in [0.15, 0.2) is 5.82 Å². The van der Waals surface area contributed by atoms with Gasteiger partial charge < -0.3 is 10.1 Å². The highest BCUT2D eigenvalue weighted by Gasteiger charge is 2.42. The quantitative estimate of drug-likeness (QED) is 0.921. The van der Waals surface area contributed by atoms with Crippen LogP contribution in [0.1, 0.15) is 43.9 Å². The molecular formula is C16H21N5O2. The SMILES string of the molecule is CC(C)c1nnc2n1C(C)(C(=O)NCc1cccnc1)COC2. The van der Waals surface area contributed by atoms with Crippen molar-refractivity contribution in [1.29, 1.82) is 0 Å². The molecule has 0 saturated heterocycles. The fourth-order valence-electron chi connectivity index (χ4n) is 2.78. The van der Waals surface area contributed by atoms with E-state index in [0.29, 0.717) is 25.6 Å². The van der Waals surface area contributed by atoms with Gasteiger partial charge in [-0.25, -0.2) is 0 Å². The van der Waals surface area contributed by atoms with Gasteiger partial charge in [-0.1, -0.05) is 19.9 Å². The first-order valence-corrected chi connectivity index (χ1v) is 7.72. The van der Waals surface area contributed by atoms with Gasteiger partial charge in [0.2, 0.25) is 5.91 Å². The summed E-state index contributed by atoms with van der Waals surface area (Å²) >= 11 is 0. The summed E-state index contributed by atoms with van der Waals surface area (Å²) < 4.78 is 7.51. The first kappa shape index (κ1) is 15.6. The van der Waals surface area contributed by atoms with Crippen molar-refractivity contribution in [2.75, 3.05) is 6.61 Å². The van der Waals surface area contributed by atoms with Crippen LogP contribution in [0.25, 0.3) is 0 Å². The van der Waals surface area contributed by atoms with Gasteiger partial charge in [-0.3, -0.25) is 14.3 Å². The van der Waals surface area contributed by atoms with E-state index in [4.69, 9.17) is 4.74 Å². The van der Waals surface area contributed by atoms with E-state index in [1.807, 2.05) is 37.5 Å². The Labute approximate surface area is 135 Å². The molecule has 7 nitrogen and oxygen atoms in total. The Morgan fingerprint density at radius 2 is 2.30 bits per heavy atom. The molecule has 122 valence electrons. The summed E-state index contributed by atoms with van der Waals surface area (Å²) in [5.41, 5.74) is 0.105. The molecule has 0 saturated carbocycles. The van der Waals surface area contributed by atoms with Crippen molar-refractivity contribution < 1.29 is 9.53 Å². The van der Waals surface area contributed by atoms with Gasteiger partial charge in [0.1, 0.15) is 18.0 Å². The molecule has 1 N–H and O–H groups in total. The lowest BCUT2D eigenvalue weighted by atomic mass is 9.99. The molecule has 1 atom stereocenters. The highest BCUT2D eigenvalue weighted by atomic mass is 16.5. The molecule has 0 spiro atoms. The van der Waals surface area contributed by atoms with Gasteiger partial charge in [-0.15, -0.1) is 10.2 Å². The van der Waals surface area contributed by atoms with Crippen molar-refractivity contribution in [3.63, 3.8) is 0 Å². The number of aromatic nitrogens is 4. The minimum absolute atomic E-state index is 0.107. The van der Waals surface area contributed by atoms with Gasteiger partial charge in [-0.2, -0.15) is 0 Å². The number of nitrogens with one attached hydrogen (secondary N) is 1. The Balaban J connectivity index is 1.85. The van der Waals surface area contributed by atoms with Crippen LogP contribution < -0.4 is 5.32 Å². The van der Waals surface area contributed by atoms with Crippen LogP contribution >= 0.6 is 0 Å². The largest absolute Gasteiger partial charge is 0.370 e. The molecule has 2 aromatic rings. The molecule has 3 heterocycles. The van der Waals surface area contributed by atoms with E-state index in [2.05, 4.69) is 20.5 Å². The molecule has 7 heteroatoms. The van der Waals surface area contributed by atoms with E-state index in [1.54, 1.807) is 12.4 Å². The minimum atomic E-state index is -0.848. The molecule has 0 fully saturated rings. The summed E-state index contributed by atoms with van der Waals surface area (Å²) in [6.45, 7) is 7.06. The zero-order valence-electron chi connectivity index (χ0n) is 13.6. The number of carbonyl (C=O) groups excluding carboxylic acids is 1. The second-order valence-electron chi connectivity index (χ2n) is 6.28. The minimum Gasteiger partial charge on any atom is -0.370 e. The van der Waals surface area contributed by atoms with Crippen LogP contribution in [0.2, 0.25) is 0 Å². The smallest absolute Gasteiger partial charge is 0.248 e. The first-order chi connectivity index (χ1) is 11.0. The summed E-state index contributed by atoms with van der Waals surface area (Å²) in [5, 5.41) is 11.4. The van der Waals surface area contributed by atoms with Crippen LogP contribution in [0.5, 0.6) is 0 Å². The average molecular weight is 315 g/mol. The third-order valence-electron chi connectivity index (χ3n) is 4.04. The standard InChI is InChI=1S/C16H21N5O2/c1-11(2)14-20-19-13-9-23-10-16(3,21(13)14)15(22)18-8-12-5-4-6-17-7-12/h4-7,11H,8-10H2,1-3H3,(H,18,22). The fraction of sp³-hybridized carbons (Fsp3) is 0.500. The Morgan fingerprint density at radius 1 is 1.48 bits per heavy atom. The fourth-order valence-corrected chi connectivity index (χ4v) is 2.78. The highest BCUT2D eigenvalue weighted by Crippen LogP contribution is 2.29. The van der Waals surface area contributed by atoms with Crippen LogP contribution in [-0.2, 0) is 28.2 Å². The number of amides is 1. The maximum absolute atomic E-state index is 12.8. The predicted octanol–water partition coefficient (Wildman–Crippen LogP) is 1.36. The van der Waals surface area contributed by atoms with Gasteiger partial charge in [0.25, 0.3) is 0 Å². The topological polar surface area (TPSA) is 81.9 Å². The summed E-state index contributed by atoms with van der Waals surface area (Å²) in [6.07, 6.45) is 3.45. The van der Waals surface area contributed by atoms with E-state index in [-0.39, 0.29) is 11.8 Å². The predicted molar refractivity (Wildman–Crippen MR) is 83.5 cm³/mol. The van der Waals surface area contributed by atoms with E-state index < -0.39 is 5.54 Å². The van der Waals surface area contributed by atoms with Crippen molar-refractivity contribution in [3.8, 4) is 0 Å². The molecule has 1 unspecified atom stereocenters. The number of pyridine rings is 1. The van der Waals surface area contributed by atoms with Gasteiger partial charge in [0.05, 0.1) is 6.61 Å². The van der Waals surface area contributed by atoms with Crippen LogP contribution in [0.3, 0.4) is 0 Å².